The van der Waals surface area contributed by atoms with Gasteiger partial charge in [0.1, 0.15) is 11.8 Å². The topological polar surface area (TPSA) is 104 Å². The van der Waals surface area contributed by atoms with Crippen molar-refractivity contribution in [3.63, 3.8) is 0 Å². The molecular weight excluding hydrogens is 282 g/mol. The van der Waals surface area contributed by atoms with E-state index in [2.05, 4.69) is 31.2 Å². The molecule has 22 heavy (non-hydrogen) atoms. The molecule has 3 rings (SSSR count). The van der Waals surface area contributed by atoms with E-state index in [1.807, 2.05) is 0 Å². The number of hydrogen-bond donors (Lipinski definition) is 1. The van der Waals surface area contributed by atoms with E-state index < -0.39 is 0 Å². The summed E-state index contributed by atoms with van der Waals surface area (Å²) in [5, 5.41) is 26.1. The minimum absolute atomic E-state index is 0.0953. The van der Waals surface area contributed by atoms with Crippen LogP contribution in [-0.2, 0) is 13.2 Å². The summed E-state index contributed by atoms with van der Waals surface area (Å²) in [6.45, 7) is 2.33. The van der Waals surface area contributed by atoms with Gasteiger partial charge in [0.15, 0.2) is 11.5 Å². The van der Waals surface area contributed by atoms with E-state index in [0.29, 0.717) is 23.1 Å². The van der Waals surface area contributed by atoms with Crippen molar-refractivity contribution in [2.45, 2.75) is 26.0 Å². The van der Waals surface area contributed by atoms with E-state index >= 15 is 0 Å². The van der Waals surface area contributed by atoms with Gasteiger partial charge >= 0.3 is 0 Å². The minimum Gasteiger partial charge on any atom is -0.390 e. The molecule has 1 aliphatic rings. The predicted octanol–water partition coefficient (Wildman–Crippen LogP) is 0.349. The summed E-state index contributed by atoms with van der Waals surface area (Å²) in [5.41, 5.74) is 0.944. The quantitative estimate of drug-likeness (QED) is 0.868. The fraction of sp³-hybridized carbons (Fsp3) is 0.500. The van der Waals surface area contributed by atoms with Crippen molar-refractivity contribution in [1.29, 1.82) is 5.26 Å². The third-order valence-corrected chi connectivity index (χ3v) is 3.80. The van der Waals surface area contributed by atoms with Gasteiger partial charge in [-0.2, -0.15) is 5.26 Å². The number of nitriles is 1. The van der Waals surface area contributed by atoms with Crippen LogP contribution >= 0.6 is 0 Å². The molecule has 1 atom stereocenters. The van der Waals surface area contributed by atoms with Gasteiger partial charge in [-0.3, -0.25) is 4.68 Å². The molecule has 114 valence electrons. The maximum Gasteiger partial charge on any atom is 0.183 e. The first-order chi connectivity index (χ1) is 10.8. The van der Waals surface area contributed by atoms with E-state index in [1.54, 1.807) is 17.1 Å². The van der Waals surface area contributed by atoms with Crippen LogP contribution in [0.4, 0.5) is 5.82 Å². The Morgan fingerprint density at radius 2 is 2.23 bits per heavy atom. The second-order valence-electron chi connectivity index (χ2n) is 5.38. The number of nitrogens with zero attached hydrogens (tertiary/aromatic N) is 7. The van der Waals surface area contributed by atoms with Crippen LogP contribution < -0.4 is 4.90 Å². The average Bonchev–Trinajstić information content (AvgIpc) is 3.02. The Bertz CT molecular complexity index is 678. The van der Waals surface area contributed by atoms with Gasteiger partial charge in [0.25, 0.3) is 0 Å². The molecule has 3 heterocycles. The molecule has 8 nitrogen and oxygen atoms in total. The molecule has 0 spiro atoms. The highest BCUT2D eigenvalue weighted by atomic mass is 16.3. The maximum absolute atomic E-state index is 9.15. The minimum atomic E-state index is -0.0953. The molecule has 1 aliphatic heterocycles. The second kappa shape index (κ2) is 6.49. The van der Waals surface area contributed by atoms with Crippen LogP contribution in [0, 0.1) is 17.2 Å². The molecule has 8 heteroatoms. The van der Waals surface area contributed by atoms with Crippen molar-refractivity contribution in [2.75, 3.05) is 18.0 Å². The van der Waals surface area contributed by atoms with E-state index in [9.17, 15) is 0 Å². The summed E-state index contributed by atoms with van der Waals surface area (Å²) in [7, 11) is 0. The normalized spacial score (nSPS) is 18.2. The van der Waals surface area contributed by atoms with Gasteiger partial charge in [0, 0.05) is 32.0 Å². The Morgan fingerprint density at radius 3 is 3.00 bits per heavy atom. The van der Waals surface area contributed by atoms with Crippen molar-refractivity contribution >= 4 is 5.82 Å². The summed E-state index contributed by atoms with van der Waals surface area (Å²) < 4.78 is 1.77. The van der Waals surface area contributed by atoms with Crippen LogP contribution in [0.3, 0.4) is 0 Å². The molecule has 0 radical (unpaired) electrons. The third-order valence-electron chi connectivity index (χ3n) is 3.80. The molecule has 0 saturated carbocycles. The molecular formula is C14H17N7O. The Hall–Kier alpha value is -2.53. The molecule has 0 amide bonds. The fourth-order valence-electron chi connectivity index (χ4n) is 2.81. The number of hydrogen-bond acceptors (Lipinski definition) is 7. The number of rotatable bonds is 4. The van der Waals surface area contributed by atoms with Crippen LogP contribution in [0.1, 0.15) is 24.2 Å². The van der Waals surface area contributed by atoms with Crippen LogP contribution in [-0.4, -0.2) is 43.2 Å². The van der Waals surface area contributed by atoms with Crippen LogP contribution in [0.15, 0.2) is 18.6 Å². The summed E-state index contributed by atoms with van der Waals surface area (Å²) in [5.74, 6) is 1.06. The van der Waals surface area contributed by atoms with Crippen molar-refractivity contribution in [1.82, 2.24) is 25.0 Å². The first-order valence-electron chi connectivity index (χ1n) is 7.26. The molecule has 1 saturated heterocycles. The largest absolute Gasteiger partial charge is 0.390 e. The molecule has 0 aliphatic carbocycles. The van der Waals surface area contributed by atoms with E-state index in [1.165, 1.54) is 6.20 Å². The van der Waals surface area contributed by atoms with Crippen LogP contribution in [0.2, 0.25) is 0 Å². The van der Waals surface area contributed by atoms with Gasteiger partial charge < -0.3 is 10.0 Å². The average molecular weight is 299 g/mol. The monoisotopic (exact) mass is 299 g/mol. The van der Waals surface area contributed by atoms with Crippen molar-refractivity contribution < 1.29 is 5.11 Å². The maximum atomic E-state index is 9.15. The second-order valence-corrected chi connectivity index (χ2v) is 5.38. The zero-order valence-corrected chi connectivity index (χ0v) is 12.1. The van der Waals surface area contributed by atoms with E-state index in [-0.39, 0.29) is 6.61 Å². The van der Waals surface area contributed by atoms with Crippen molar-refractivity contribution in [3.8, 4) is 6.07 Å². The number of aliphatic hydroxyl groups is 1. The summed E-state index contributed by atoms with van der Waals surface area (Å²) in [4.78, 5) is 10.5. The van der Waals surface area contributed by atoms with Gasteiger partial charge in [0.05, 0.1) is 12.8 Å². The van der Waals surface area contributed by atoms with Gasteiger partial charge in [-0.25, -0.2) is 9.97 Å². The molecule has 0 aromatic carbocycles. The summed E-state index contributed by atoms with van der Waals surface area (Å²) in [6, 6.07) is 2.10. The lowest BCUT2D eigenvalue weighted by Crippen LogP contribution is -2.38. The first kappa shape index (κ1) is 14.4. The Balaban J connectivity index is 1.70. The standard InChI is InChI=1S/C14H17N7O/c15-6-13-14(17-4-3-16-13)20-5-1-2-11(7-20)8-21-9-12(10-22)18-19-21/h3-4,9,11,22H,1-2,5,7-8,10H2/t11-/m1/s1. The molecule has 0 bridgehead atoms. The number of anilines is 1. The number of aliphatic hydroxyl groups excluding tert-OH is 1. The van der Waals surface area contributed by atoms with E-state index in [0.717, 1.165) is 32.5 Å². The molecule has 2 aromatic rings. The Labute approximate surface area is 128 Å². The lowest BCUT2D eigenvalue weighted by Gasteiger charge is -2.33. The fourth-order valence-corrected chi connectivity index (χ4v) is 2.81. The van der Waals surface area contributed by atoms with Gasteiger partial charge in [-0.1, -0.05) is 5.21 Å². The molecule has 2 aromatic heterocycles. The molecule has 0 unspecified atom stereocenters. The SMILES string of the molecule is N#Cc1nccnc1N1CCC[C@@H](Cn2cc(CO)nn2)C1. The first-order valence-corrected chi connectivity index (χ1v) is 7.26. The Kier molecular flexibility index (Phi) is 4.25. The highest BCUT2D eigenvalue weighted by molar-refractivity contribution is 5.49. The molecule has 1 N–H and O–H groups in total. The van der Waals surface area contributed by atoms with Gasteiger partial charge in [-0.15, -0.1) is 5.10 Å². The van der Waals surface area contributed by atoms with Crippen molar-refractivity contribution in [3.05, 3.63) is 30.0 Å². The zero-order valence-electron chi connectivity index (χ0n) is 12.1. The van der Waals surface area contributed by atoms with Gasteiger partial charge in [0.2, 0.25) is 0 Å². The third kappa shape index (κ3) is 3.04. The number of aromatic nitrogens is 5. The van der Waals surface area contributed by atoms with Gasteiger partial charge in [-0.05, 0) is 18.8 Å². The lowest BCUT2D eigenvalue weighted by molar-refractivity contribution is 0.276. The predicted molar refractivity (Wildman–Crippen MR) is 77.6 cm³/mol. The molecule has 1 fully saturated rings. The summed E-state index contributed by atoms with van der Waals surface area (Å²) >= 11 is 0. The van der Waals surface area contributed by atoms with Crippen LogP contribution in [0.25, 0.3) is 0 Å². The van der Waals surface area contributed by atoms with Crippen molar-refractivity contribution in [2.24, 2.45) is 5.92 Å². The highest BCUT2D eigenvalue weighted by Crippen LogP contribution is 2.24. The highest BCUT2D eigenvalue weighted by Gasteiger charge is 2.23. The van der Waals surface area contributed by atoms with Crippen LogP contribution in [0.5, 0.6) is 0 Å². The Morgan fingerprint density at radius 1 is 1.36 bits per heavy atom. The lowest BCUT2D eigenvalue weighted by atomic mass is 9.98. The number of piperidine rings is 1. The zero-order chi connectivity index (χ0) is 15.4. The summed E-state index contributed by atoms with van der Waals surface area (Å²) in [6.07, 6.45) is 7.04. The van der Waals surface area contributed by atoms with E-state index in [4.69, 9.17) is 10.4 Å². The smallest absolute Gasteiger partial charge is 0.183 e.